The van der Waals surface area contributed by atoms with Crippen molar-refractivity contribution in [3.63, 3.8) is 0 Å². The summed E-state index contributed by atoms with van der Waals surface area (Å²) >= 11 is 2.90. The van der Waals surface area contributed by atoms with Gasteiger partial charge in [0.05, 0.1) is 11.3 Å². The predicted octanol–water partition coefficient (Wildman–Crippen LogP) is 3.38. The fraction of sp³-hybridized carbons (Fsp3) is 0.158. The van der Waals surface area contributed by atoms with Gasteiger partial charge in [-0.05, 0) is 36.9 Å². The summed E-state index contributed by atoms with van der Waals surface area (Å²) in [5, 5.41) is 7.81. The first-order chi connectivity index (χ1) is 13.5. The molecule has 0 saturated carbocycles. The number of carbonyl (C=O) groups is 2. The summed E-state index contributed by atoms with van der Waals surface area (Å²) in [5.41, 5.74) is 1.56. The van der Waals surface area contributed by atoms with Gasteiger partial charge in [0.1, 0.15) is 0 Å². The Labute approximate surface area is 169 Å². The van der Waals surface area contributed by atoms with Gasteiger partial charge < -0.3 is 10.3 Å². The molecule has 0 radical (unpaired) electrons. The maximum Gasteiger partial charge on any atom is 0.258 e. The van der Waals surface area contributed by atoms with E-state index in [4.69, 9.17) is 0 Å². The van der Waals surface area contributed by atoms with Crippen LogP contribution in [0.1, 0.15) is 22.5 Å². The van der Waals surface area contributed by atoms with Crippen molar-refractivity contribution >= 4 is 45.7 Å². The van der Waals surface area contributed by atoms with Gasteiger partial charge in [-0.25, -0.2) is 4.98 Å². The molecule has 144 valence electrons. The number of rotatable bonds is 7. The van der Waals surface area contributed by atoms with Gasteiger partial charge >= 0.3 is 0 Å². The number of hydrogen-bond acceptors (Lipinski definition) is 6. The van der Waals surface area contributed by atoms with Crippen LogP contribution in [0.2, 0.25) is 0 Å². The Bertz CT molecular complexity index is 1020. The maximum atomic E-state index is 12.1. The highest BCUT2D eigenvalue weighted by Gasteiger charge is 2.10. The monoisotopic (exact) mass is 414 g/mol. The normalized spacial score (nSPS) is 10.5. The number of amides is 2. The topological polar surface area (TPSA) is 104 Å². The lowest BCUT2D eigenvalue weighted by atomic mass is 10.2. The maximum absolute atomic E-state index is 12.1. The number of carbonyl (C=O) groups excluding carboxylic acids is 2. The minimum absolute atomic E-state index is 0.0925. The minimum Gasteiger partial charge on any atom is -0.328 e. The zero-order valence-corrected chi connectivity index (χ0v) is 16.7. The van der Waals surface area contributed by atoms with Crippen molar-refractivity contribution in [1.29, 1.82) is 0 Å². The van der Waals surface area contributed by atoms with Crippen LogP contribution in [0.25, 0.3) is 0 Å². The summed E-state index contributed by atoms with van der Waals surface area (Å²) in [6, 6.07) is 10.4. The molecule has 2 aromatic heterocycles. The lowest BCUT2D eigenvalue weighted by Crippen LogP contribution is -2.14. The third-order valence-corrected chi connectivity index (χ3v) is 5.31. The molecule has 0 unspecified atom stereocenters. The number of nitrogens with zero attached hydrogens (tertiary/aromatic N) is 1. The molecule has 0 bridgehead atoms. The van der Waals surface area contributed by atoms with E-state index < -0.39 is 0 Å². The van der Waals surface area contributed by atoms with E-state index in [-0.39, 0.29) is 17.4 Å². The summed E-state index contributed by atoms with van der Waals surface area (Å²) in [5.74, 6) is -0.450. The van der Waals surface area contributed by atoms with Crippen molar-refractivity contribution in [2.24, 2.45) is 0 Å². The van der Waals surface area contributed by atoms with Crippen LogP contribution >= 0.6 is 23.1 Å². The van der Waals surface area contributed by atoms with E-state index in [0.717, 1.165) is 16.3 Å². The standard InChI is InChI=1S/C19H18N4O3S2/c1-27-15-4-2-3-13(9-15)21-17(25)8-6-14-11-28-19(22-14)23-18(26)12-5-7-16(24)20-10-12/h2-5,7,9-11H,6,8H2,1H3,(H,20,24)(H,21,25)(H,22,23,26). The third kappa shape index (κ3) is 5.54. The predicted molar refractivity (Wildman–Crippen MR) is 112 cm³/mol. The number of thioether (sulfide) groups is 1. The van der Waals surface area contributed by atoms with E-state index in [1.807, 2.05) is 35.9 Å². The zero-order valence-electron chi connectivity index (χ0n) is 15.0. The Kier molecular flexibility index (Phi) is 6.62. The molecule has 0 atom stereocenters. The van der Waals surface area contributed by atoms with Crippen molar-refractivity contribution in [2.45, 2.75) is 17.7 Å². The summed E-state index contributed by atoms with van der Waals surface area (Å²) in [7, 11) is 0. The number of H-pyrrole nitrogens is 1. The van der Waals surface area contributed by atoms with Crippen molar-refractivity contribution < 1.29 is 9.59 Å². The Balaban J connectivity index is 1.51. The third-order valence-electron chi connectivity index (χ3n) is 3.78. The molecule has 0 aliphatic rings. The molecule has 1 aromatic carbocycles. The average molecular weight is 415 g/mol. The van der Waals surface area contributed by atoms with Gasteiger partial charge in [0.25, 0.3) is 5.91 Å². The van der Waals surface area contributed by atoms with Crippen molar-refractivity contribution in [3.05, 3.63) is 69.6 Å². The van der Waals surface area contributed by atoms with Crippen molar-refractivity contribution in [3.8, 4) is 0 Å². The van der Waals surface area contributed by atoms with Crippen LogP contribution < -0.4 is 16.2 Å². The molecule has 9 heteroatoms. The molecule has 28 heavy (non-hydrogen) atoms. The first-order valence-electron chi connectivity index (χ1n) is 8.42. The van der Waals surface area contributed by atoms with Gasteiger partial charge in [-0.3, -0.25) is 19.7 Å². The van der Waals surface area contributed by atoms with E-state index in [9.17, 15) is 14.4 Å². The van der Waals surface area contributed by atoms with E-state index in [2.05, 4.69) is 20.6 Å². The second-order valence-corrected chi connectivity index (χ2v) is 7.56. The molecular formula is C19H18N4O3S2. The van der Waals surface area contributed by atoms with Gasteiger partial charge in [-0.2, -0.15) is 0 Å². The van der Waals surface area contributed by atoms with E-state index >= 15 is 0 Å². The lowest BCUT2D eigenvalue weighted by Gasteiger charge is -2.06. The SMILES string of the molecule is CSc1cccc(NC(=O)CCc2csc(NC(=O)c3ccc(=O)[nH]c3)n2)c1. The molecule has 0 saturated heterocycles. The molecule has 3 aromatic rings. The molecule has 3 rings (SSSR count). The summed E-state index contributed by atoms with van der Waals surface area (Å²) < 4.78 is 0. The Hall–Kier alpha value is -2.91. The van der Waals surface area contributed by atoms with E-state index in [1.54, 1.807) is 11.8 Å². The van der Waals surface area contributed by atoms with Gasteiger partial charge in [0.15, 0.2) is 5.13 Å². The average Bonchev–Trinajstić information content (AvgIpc) is 3.14. The molecular weight excluding hydrogens is 396 g/mol. The summed E-state index contributed by atoms with van der Waals surface area (Å²) in [4.78, 5) is 43.2. The highest BCUT2D eigenvalue weighted by atomic mass is 32.2. The fourth-order valence-corrected chi connectivity index (χ4v) is 3.57. The number of anilines is 2. The van der Waals surface area contributed by atoms with Crippen LogP contribution in [0.15, 0.2) is 57.7 Å². The van der Waals surface area contributed by atoms with Crippen LogP contribution in [0.3, 0.4) is 0 Å². The van der Waals surface area contributed by atoms with E-state index in [1.165, 1.54) is 29.7 Å². The number of nitrogens with one attached hydrogen (secondary N) is 3. The number of benzene rings is 1. The molecule has 2 amide bonds. The lowest BCUT2D eigenvalue weighted by molar-refractivity contribution is -0.116. The largest absolute Gasteiger partial charge is 0.328 e. The van der Waals surface area contributed by atoms with E-state index in [0.29, 0.717) is 23.5 Å². The molecule has 3 N–H and O–H groups in total. The molecule has 7 nitrogen and oxygen atoms in total. The number of aryl methyl sites for hydroxylation is 1. The second-order valence-electron chi connectivity index (χ2n) is 5.82. The van der Waals surface area contributed by atoms with Crippen LogP contribution in [0, 0.1) is 0 Å². The van der Waals surface area contributed by atoms with Crippen molar-refractivity contribution in [2.75, 3.05) is 16.9 Å². The van der Waals surface area contributed by atoms with Gasteiger partial charge in [0, 0.05) is 34.6 Å². The van der Waals surface area contributed by atoms with Crippen LogP contribution in [0.4, 0.5) is 10.8 Å². The highest BCUT2D eigenvalue weighted by Crippen LogP contribution is 2.20. The summed E-state index contributed by atoms with van der Waals surface area (Å²) in [6.45, 7) is 0. The molecule has 0 aliphatic carbocycles. The fourth-order valence-electron chi connectivity index (χ4n) is 2.37. The first-order valence-corrected chi connectivity index (χ1v) is 10.5. The van der Waals surface area contributed by atoms with Crippen molar-refractivity contribution in [1.82, 2.24) is 9.97 Å². The molecule has 0 aliphatic heterocycles. The number of hydrogen-bond donors (Lipinski definition) is 3. The van der Waals surface area contributed by atoms with Gasteiger partial charge in [0.2, 0.25) is 11.5 Å². The Morgan fingerprint density at radius 3 is 2.82 bits per heavy atom. The quantitative estimate of drug-likeness (QED) is 0.514. The Morgan fingerprint density at radius 2 is 2.07 bits per heavy atom. The number of aromatic nitrogens is 2. The smallest absolute Gasteiger partial charge is 0.258 e. The van der Waals surface area contributed by atoms with Gasteiger partial charge in [-0.1, -0.05) is 6.07 Å². The summed E-state index contributed by atoms with van der Waals surface area (Å²) in [6.07, 6.45) is 4.10. The first kappa shape index (κ1) is 19.8. The van der Waals surface area contributed by atoms with Crippen LogP contribution in [-0.4, -0.2) is 28.0 Å². The highest BCUT2D eigenvalue weighted by molar-refractivity contribution is 7.98. The zero-order chi connectivity index (χ0) is 19.9. The van der Waals surface area contributed by atoms with Gasteiger partial charge in [-0.15, -0.1) is 23.1 Å². The molecule has 0 fully saturated rings. The second kappa shape index (κ2) is 9.34. The minimum atomic E-state index is -0.358. The van der Waals surface area contributed by atoms with Crippen LogP contribution in [0.5, 0.6) is 0 Å². The molecule has 2 heterocycles. The van der Waals surface area contributed by atoms with Crippen LogP contribution in [-0.2, 0) is 11.2 Å². The number of aromatic amines is 1. The molecule has 0 spiro atoms. The Morgan fingerprint density at radius 1 is 1.21 bits per heavy atom. The number of pyridine rings is 1. The number of thiazole rings is 1.